The number of aromatic nitrogens is 5. The Morgan fingerprint density at radius 1 is 1.12 bits per heavy atom. The molecule has 10 heteroatoms. The zero-order valence-corrected chi connectivity index (χ0v) is 19.6. The van der Waals surface area contributed by atoms with Crippen LogP contribution in [0.1, 0.15) is 38.4 Å². The van der Waals surface area contributed by atoms with Gasteiger partial charge in [0, 0.05) is 42.0 Å². The van der Waals surface area contributed by atoms with Crippen LogP contribution < -0.4 is 15.0 Å². The highest BCUT2D eigenvalue weighted by Crippen LogP contribution is 2.40. The molecule has 2 aromatic heterocycles. The molecule has 1 saturated carbocycles. The minimum Gasteiger partial charge on any atom is -0.424 e. The van der Waals surface area contributed by atoms with Gasteiger partial charge >= 0.3 is 6.01 Å². The molecule has 8 nitrogen and oxygen atoms in total. The van der Waals surface area contributed by atoms with Crippen molar-refractivity contribution in [1.82, 2.24) is 24.7 Å². The Labute approximate surface area is 197 Å². The fourth-order valence-corrected chi connectivity index (χ4v) is 5.09. The topological polar surface area (TPSA) is 81.0 Å². The number of halogens is 2. The highest BCUT2D eigenvalue weighted by molar-refractivity contribution is 6.30. The first-order valence-corrected chi connectivity index (χ1v) is 11.6. The molecular weight excluding hydrogens is 445 g/mol. The summed E-state index contributed by atoms with van der Waals surface area (Å²) in [6.45, 7) is 7.84. The first-order chi connectivity index (χ1) is 15.9. The molecule has 1 aliphatic carbocycles. The van der Waals surface area contributed by atoms with Crippen LogP contribution >= 0.6 is 11.6 Å². The van der Waals surface area contributed by atoms with E-state index in [4.69, 9.17) is 16.3 Å². The number of anilines is 2. The lowest BCUT2D eigenvalue weighted by molar-refractivity contribution is 0.373. The second kappa shape index (κ2) is 8.78. The zero-order valence-electron chi connectivity index (χ0n) is 18.9. The van der Waals surface area contributed by atoms with Crippen LogP contribution in [-0.4, -0.2) is 43.9 Å². The van der Waals surface area contributed by atoms with Crippen LogP contribution in [0.3, 0.4) is 0 Å². The Morgan fingerprint density at radius 2 is 1.88 bits per heavy atom. The number of benzene rings is 1. The number of piperidine rings is 1. The van der Waals surface area contributed by atoms with Gasteiger partial charge in [0.25, 0.3) is 0 Å². The average Bonchev–Trinajstić information content (AvgIpc) is 3.23. The van der Waals surface area contributed by atoms with E-state index < -0.39 is 5.82 Å². The van der Waals surface area contributed by atoms with Crippen LogP contribution in [0.25, 0.3) is 0 Å². The molecule has 2 bridgehead atoms. The van der Waals surface area contributed by atoms with Gasteiger partial charge < -0.3 is 15.0 Å². The molecule has 3 heterocycles. The molecule has 0 spiro atoms. The summed E-state index contributed by atoms with van der Waals surface area (Å²) in [5.41, 5.74) is 0.975. The lowest BCUT2D eigenvalue weighted by atomic mass is 9.92. The summed E-state index contributed by atoms with van der Waals surface area (Å²) < 4.78 is 21.3. The van der Waals surface area contributed by atoms with E-state index in [9.17, 15) is 4.39 Å². The molecular formula is C23H27ClFN7O. The molecule has 1 saturated heterocycles. The first kappa shape index (κ1) is 21.9. The summed E-state index contributed by atoms with van der Waals surface area (Å²) in [5.74, 6) is 2.27. The van der Waals surface area contributed by atoms with Crippen molar-refractivity contribution >= 4 is 23.4 Å². The minimum atomic E-state index is -0.464. The molecule has 0 amide bonds. The quantitative estimate of drug-likeness (QED) is 0.549. The van der Waals surface area contributed by atoms with E-state index in [0.717, 1.165) is 37.4 Å². The van der Waals surface area contributed by atoms with E-state index >= 15 is 0 Å². The van der Waals surface area contributed by atoms with Gasteiger partial charge in [-0.3, -0.25) is 0 Å². The van der Waals surface area contributed by atoms with Crippen molar-refractivity contribution in [2.24, 2.45) is 11.8 Å². The smallest absolute Gasteiger partial charge is 0.322 e. The number of hydrogen-bond acceptors (Lipinski definition) is 7. The van der Waals surface area contributed by atoms with Crippen molar-refractivity contribution in [3.05, 3.63) is 47.1 Å². The van der Waals surface area contributed by atoms with Crippen LogP contribution in [0.15, 0.2) is 30.6 Å². The van der Waals surface area contributed by atoms with Crippen molar-refractivity contribution in [3.63, 3.8) is 0 Å². The third kappa shape index (κ3) is 4.59. The van der Waals surface area contributed by atoms with Gasteiger partial charge in [0.15, 0.2) is 0 Å². The third-order valence-corrected chi connectivity index (χ3v) is 6.60. The molecule has 1 aliphatic heterocycles. The Bertz CT molecular complexity index is 1120. The number of fused-ring (bicyclic) bond motifs is 2. The van der Waals surface area contributed by atoms with Crippen LogP contribution in [-0.2, 0) is 0 Å². The molecule has 0 radical (unpaired) electrons. The molecule has 2 aliphatic rings. The van der Waals surface area contributed by atoms with Gasteiger partial charge in [0.05, 0.1) is 6.04 Å². The van der Waals surface area contributed by atoms with Crippen LogP contribution in [0.5, 0.6) is 11.8 Å². The molecule has 1 aromatic carbocycles. The summed E-state index contributed by atoms with van der Waals surface area (Å²) in [4.78, 5) is 15.6. The van der Waals surface area contributed by atoms with Crippen molar-refractivity contribution < 1.29 is 9.13 Å². The maximum atomic E-state index is 13.7. The zero-order chi connectivity index (χ0) is 23.1. The largest absolute Gasteiger partial charge is 0.424 e. The Balaban J connectivity index is 1.33. The summed E-state index contributed by atoms with van der Waals surface area (Å²) in [6.07, 6.45) is 3.94. The number of nitrogens with one attached hydrogen (secondary N) is 1. The SMILES string of the molecule is Cc1cc(N2CC3CCC(C2)C3Nc2nc(Oc3cc(F)cc(Cl)c3)n(C(C)C)n2)ncn1. The Morgan fingerprint density at radius 3 is 2.55 bits per heavy atom. The van der Waals surface area contributed by atoms with Gasteiger partial charge in [-0.2, -0.15) is 4.98 Å². The number of aryl methyl sites for hydroxylation is 1. The molecule has 3 aromatic rings. The second-order valence-electron chi connectivity index (χ2n) is 9.15. The lowest BCUT2D eigenvalue weighted by Crippen LogP contribution is -2.48. The van der Waals surface area contributed by atoms with Gasteiger partial charge in [-0.05, 0) is 57.6 Å². The van der Waals surface area contributed by atoms with E-state index in [1.54, 1.807) is 17.1 Å². The van der Waals surface area contributed by atoms with E-state index in [1.807, 2.05) is 26.8 Å². The van der Waals surface area contributed by atoms with Gasteiger partial charge in [-0.1, -0.05) is 11.6 Å². The fourth-order valence-electron chi connectivity index (χ4n) is 4.88. The van der Waals surface area contributed by atoms with Gasteiger partial charge in [-0.15, -0.1) is 5.10 Å². The first-order valence-electron chi connectivity index (χ1n) is 11.3. The van der Waals surface area contributed by atoms with E-state index in [0.29, 0.717) is 23.8 Å². The molecule has 2 atom stereocenters. The van der Waals surface area contributed by atoms with Gasteiger partial charge in [0.2, 0.25) is 5.95 Å². The van der Waals surface area contributed by atoms with Gasteiger partial charge in [-0.25, -0.2) is 19.0 Å². The monoisotopic (exact) mass is 471 g/mol. The maximum Gasteiger partial charge on any atom is 0.322 e. The van der Waals surface area contributed by atoms with E-state index in [1.165, 1.54) is 12.1 Å². The second-order valence-corrected chi connectivity index (χ2v) is 9.59. The predicted molar refractivity (Wildman–Crippen MR) is 124 cm³/mol. The highest BCUT2D eigenvalue weighted by Gasteiger charge is 2.43. The predicted octanol–water partition coefficient (Wildman–Crippen LogP) is 4.87. The number of rotatable bonds is 6. The van der Waals surface area contributed by atoms with E-state index in [-0.39, 0.29) is 22.9 Å². The molecule has 174 valence electrons. The van der Waals surface area contributed by atoms with Crippen LogP contribution in [0, 0.1) is 24.6 Å². The van der Waals surface area contributed by atoms with Crippen LogP contribution in [0.2, 0.25) is 5.02 Å². The van der Waals surface area contributed by atoms with Crippen molar-refractivity contribution in [2.75, 3.05) is 23.3 Å². The lowest BCUT2D eigenvalue weighted by Gasteiger charge is -2.38. The summed E-state index contributed by atoms with van der Waals surface area (Å²) in [5, 5.41) is 8.47. The average molecular weight is 472 g/mol. The van der Waals surface area contributed by atoms with E-state index in [2.05, 4.69) is 30.3 Å². The normalized spacial score (nSPS) is 22.1. The standard InChI is InChI=1S/C23H27ClFN7O/c1-13(2)32-23(33-19-8-17(24)7-18(25)9-19)29-22(30-32)28-21-15-4-5-16(21)11-31(10-15)20-6-14(3)26-12-27-20/h6-9,12-13,15-16,21H,4-5,10-11H2,1-3H3,(H,28,30). The fraction of sp³-hybridized carbons (Fsp3) is 0.478. The maximum absolute atomic E-state index is 13.7. The Hall–Kier alpha value is -2.94. The molecule has 33 heavy (non-hydrogen) atoms. The third-order valence-electron chi connectivity index (χ3n) is 6.38. The summed E-state index contributed by atoms with van der Waals surface area (Å²) in [7, 11) is 0. The van der Waals surface area contributed by atoms with Crippen molar-refractivity contribution in [3.8, 4) is 11.8 Å². The summed E-state index contributed by atoms with van der Waals surface area (Å²) >= 11 is 5.97. The Kier molecular flexibility index (Phi) is 5.82. The van der Waals surface area contributed by atoms with Crippen molar-refractivity contribution in [2.45, 2.75) is 45.7 Å². The molecule has 1 N–H and O–H groups in total. The minimum absolute atomic E-state index is 0.0201. The van der Waals surface area contributed by atoms with Crippen molar-refractivity contribution in [1.29, 1.82) is 0 Å². The molecule has 5 rings (SSSR count). The number of nitrogens with zero attached hydrogens (tertiary/aromatic N) is 6. The number of ether oxygens (including phenoxy) is 1. The van der Waals surface area contributed by atoms with Gasteiger partial charge in [0.1, 0.15) is 23.7 Å². The number of hydrogen-bond donors (Lipinski definition) is 1. The van der Waals surface area contributed by atoms with Crippen LogP contribution in [0.4, 0.5) is 16.2 Å². The highest BCUT2D eigenvalue weighted by atomic mass is 35.5. The molecule has 2 unspecified atom stereocenters. The summed E-state index contributed by atoms with van der Waals surface area (Å²) in [6, 6.07) is 6.72. The molecule has 2 fully saturated rings.